The van der Waals surface area contributed by atoms with E-state index in [4.69, 9.17) is 9.84 Å². The van der Waals surface area contributed by atoms with Crippen LogP contribution in [0, 0.1) is 0 Å². The molecular formula is C9H9N3O3. The van der Waals surface area contributed by atoms with Crippen molar-refractivity contribution >= 4 is 22.7 Å². The number of nitrogens with one attached hydrogen (secondary N) is 2. The van der Waals surface area contributed by atoms with Gasteiger partial charge in [0, 0.05) is 11.5 Å². The second kappa shape index (κ2) is 3.49. The van der Waals surface area contributed by atoms with Crippen LogP contribution in [-0.4, -0.2) is 28.5 Å². The van der Waals surface area contributed by atoms with Crippen molar-refractivity contribution in [1.82, 2.24) is 10.2 Å². The summed E-state index contributed by atoms with van der Waals surface area (Å²) in [5.74, 6) is 0.453. The molecule has 1 amide bonds. The van der Waals surface area contributed by atoms with Gasteiger partial charge in [0.25, 0.3) is 0 Å². The highest BCUT2D eigenvalue weighted by Gasteiger charge is 2.08. The van der Waals surface area contributed by atoms with E-state index in [2.05, 4.69) is 15.5 Å². The summed E-state index contributed by atoms with van der Waals surface area (Å²) in [5.41, 5.74) is 1.20. The molecule has 2 rings (SSSR count). The molecule has 6 nitrogen and oxygen atoms in total. The first-order valence-electron chi connectivity index (χ1n) is 4.22. The van der Waals surface area contributed by atoms with Gasteiger partial charge < -0.3 is 9.84 Å². The second-order valence-electron chi connectivity index (χ2n) is 2.94. The first-order chi connectivity index (χ1) is 7.20. The maximum absolute atomic E-state index is 10.5. The summed E-state index contributed by atoms with van der Waals surface area (Å²) < 4.78 is 5.05. The molecule has 15 heavy (non-hydrogen) atoms. The number of amides is 1. The number of benzene rings is 1. The minimum atomic E-state index is -1.13. The average Bonchev–Trinajstić information content (AvgIpc) is 2.62. The van der Waals surface area contributed by atoms with Gasteiger partial charge in [0.15, 0.2) is 0 Å². The van der Waals surface area contributed by atoms with Crippen molar-refractivity contribution in [1.29, 1.82) is 0 Å². The van der Waals surface area contributed by atoms with Crippen LogP contribution >= 0.6 is 0 Å². The molecule has 6 heteroatoms. The Morgan fingerprint density at radius 2 is 2.40 bits per heavy atom. The van der Waals surface area contributed by atoms with Crippen LogP contribution in [0.3, 0.4) is 0 Å². The number of carbonyl (C=O) groups is 1. The molecule has 78 valence electrons. The van der Waals surface area contributed by atoms with E-state index in [1.165, 1.54) is 7.11 Å². The number of hydrogen-bond acceptors (Lipinski definition) is 3. The molecule has 0 spiro atoms. The zero-order chi connectivity index (χ0) is 10.8. The van der Waals surface area contributed by atoms with Crippen molar-refractivity contribution in [3.05, 3.63) is 18.3 Å². The Bertz CT molecular complexity index is 506. The molecule has 0 aliphatic carbocycles. The first kappa shape index (κ1) is 9.32. The molecule has 0 aliphatic rings. The summed E-state index contributed by atoms with van der Waals surface area (Å²) in [6.45, 7) is 0. The number of aromatic nitrogens is 2. The fraction of sp³-hybridized carbons (Fsp3) is 0.111. The van der Waals surface area contributed by atoms with Crippen LogP contribution in [0.4, 0.5) is 10.5 Å². The van der Waals surface area contributed by atoms with Crippen molar-refractivity contribution in [2.24, 2.45) is 0 Å². The standard InChI is InChI=1S/C9H9N3O3/c1-15-8-3-6-5(4-10-12-6)2-7(8)11-9(13)14/h2-4,11H,1H3,(H,10,12)(H,13,14). The van der Waals surface area contributed by atoms with E-state index in [0.29, 0.717) is 11.4 Å². The maximum atomic E-state index is 10.5. The zero-order valence-electron chi connectivity index (χ0n) is 7.94. The number of methoxy groups -OCH3 is 1. The van der Waals surface area contributed by atoms with Crippen LogP contribution in [0.15, 0.2) is 18.3 Å². The number of fused-ring (bicyclic) bond motifs is 1. The molecule has 0 bridgehead atoms. The summed E-state index contributed by atoms with van der Waals surface area (Å²) in [6.07, 6.45) is 0.484. The Balaban J connectivity index is 2.54. The fourth-order valence-corrected chi connectivity index (χ4v) is 1.35. The molecule has 0 saturated carbocycles. The lowest BCUT2D eigenvalue weighted by Gasteiger charge is -2.07. The second-order valence-corrected chi connectivity index (χ2v) is 2.94. The lowest BCUT2D eigenvalue weighted by molar-refractivity contribution is 0.209. The van der Waals surface area contributed by atoms with Crippen molar-refractivity contribution < 1.29 is 14.6 Å². The van der Waals surface area contributed by atoms with Crippen LogP contribution in [0.25, 0.3) is 10.9 Å². The SMILES string of the molecule is COc1cc2[nH]ncc2cc1NC(=O)O. The minimum absolute atomic E-state index is 0.402. The number of nitrogens with zero attached hydrogens (tertiary/aromatic N) is 1. The van der Waals surface area contributed by atoms with Gasteiger partial charge in [-0.05, 0) is 6.07 Å². The summed E-state index contributed by atoms with van der Waals surface area (Å²) in [4.78, 5) is 10.5. The molecule has 0 aliphatic heterocycles. The maximum Gasteiger partial charge on any atom is 0.409 e. The van der Waals surface area contributed by atoms with Crippen molar-refractivity contribution in [3.8, 4) is 5.75 Å². The molecule has 0 atom stereocenters. The van der Waals surface area contributed by atoms with Gasteiger partial charge >= 0.3 is 6.09 Å². The smallest absolute Gasteiger partial charge is 0.409 e. The highest BCUT2D eigenvalue weighted by Crippen LogP contribution is 2.28. The Hall–Kier alpha value is -2.24. The van der Waals surface area contributed by atoms with E-state index >= 15 is 0 Å². The van der Waals surface area contributed by atoms with Crippen molar-refractivity contribution in [3.63, 3.8) is 0 Å². The Labute approximate surface area is 84.9 Å². The lowest BCUT2D eigenvalue weighted by Crippen LogP contribution is -2.08. The number of anilines is 1. The fourth-order valence-electron chi connectivity index (χ4n) is 1.35. The van der Waals surface area contributed by atoms with E-state index < -0.39 is 6.09 Å². The summed E-state index contributed by atoms with van der Waals surface area (Å²) in [5, 5.41) is 18.3. The molecule has 0 fully saturated rings. The Morgan fingerprint density at radius 3 is 3.07 bits per heavy atom. The summed E-state index contributed by atoms with van der Waals surface area (Å²) in [7, 11) is 1.48. The van der Waals surface area contributed by atoms with Crippen LogP contribution in [0.1, 0.15) is 0 Å². The molecule has 3 N–H and O–H groups in total. The average molecular weight is 207 g/mol. The number of rotatable bonds is 2. The number of ether oxygens (including phenoxy) is 1. The van der Waals surface area contributed by atoms with Crippen molar-refractivity contribution in [2.45, 2.75) is 0 Å². The molecule has 0 unspecified atom stereocenters. The number of H-pyrrole nitrogens is 1. The van der Waals surface area contributed by atoms with Gasteiger partial charge in [-0.1, -0.05) is 0 Å². The lowest BCUT2D eigenvalue weighted by atomic mass is 10.2. The van der Waals surface area contributed by atoms with Gasteiger partial charge in [-0.15, -0.1) is 0 Å². The number of aromatic amines is 1. The molecule has 1 heterocycles. The molecular weight excluding hydrogens is 198 g/mol. The summed E-state index contributed by atoms with van der Waals surface area (Å²) in [6, 6.07) is 3.35. The summed E-state index contributed by atoms with van der Waals surface area (Å²) >= 11 is 0. The van der Waals surface area contributed by atoms with E-state index in [-0.39, 0.29) is 0 Å². The van der Waals surface area contributed by atoms with Gasteiger partial charge in [0.05, 0.1) is 24.5 Å². The van der Waals surface area contributed by atoms with Gasteiger partial charge in [-0.2, -0.15) is 5.10 Å². The first-order valence-corrected chi connectivity index (χ1v) is 4.22. The van der Waals surface area contributed by atoms with Crippen molar-refractivity contribution in [2.75, 3.05) is 12.4 Å². The molecule has 1 aromatic heterocycles. The predicted octanol–water partition coefficient (Wildman–Crippen LogP) is 1.66. The molecule has 1 aromatic carbocycles. The Kier molecular flexibility index (Phi) is 2.17. The highest BCUT2D eigenvalue weighted by molar-refractivity contribution is 5.92. The van der Waals surface area contributed by atoms with Gasteiger partial charge in [-0.3, -0.25) is 10.4 Å². The van der Waals surface area contributed by atoms with Crippen LogP contribution in [0.5, 0.6) is 5.75 Å². The third kappa shape index (κ3) is 1.69. The van der Waals surface area contributed by atoms with Crippen LogP contribution in [-0.2, 0) is 0 Å². The third-order valence-corrected chi connectivity index (χ3v) is 2.00. The van der Waals surface area contributed by atoms with Crippen LogP contribution in [0.2, 0.25) is 0 Å². The Morgan fingerprint density at radius 1 is 1.60 bits per heavy atom. The minimum Gasteiger partial charge on any atom is -0.494 e. The van der Waals surface area contributed by atoms with E-state index in [0.717, 1.165) is 10.9 Å². The quantitative estimate of drug-likeness (QED) is 0.698. The third-order valence-electron chi connectivity index (χ3n) is 2.00. The topological polar surface area (TPSA) is 87.2 Å². The van der Waals surface area contributed by atoms with Crippen LogP contribution < -0.4 is 10.1 Å². The molecule has 0 saturated heterocycles. The van der Waals surface area contributed by atoms with Gasteiger partial charge in [0.1, 0.15) is 5.75 Å². The largest absolute Gasteiger partial charge is 0.494 e. The highest BCUT2D eigenvalue weighted by atomic mass is 16.5. The monoisotopic (exact) mass is 207 g/mol. The van der Waals surface area contributed by atoms with Gasteiger partial charge in [-0.25, -0.2) is 4.79 Å². The van der Waals surface area contributed by atoms with E-state index in [1.54, 1.807) is 18.3 Å². The van der Waals surface area contributed by atoms with E-state index in [9.17, 15) is 4.79 Å². The molecule has 0 radical (unpaired) electrons. The zero-order valence-corrected chi connectivity index (χ0v) is 7.94. The number of carboxylic acid groups (broad SMARTS) is 1. The van der Waals surface area contributed by atoms with Gasteiger partial charge in [0.2, 0.25) is 0 Å². The predicted molar refractivity (Wildman–Crippen MR) is 54.3 cm³/mol. The number of hydrogen-bond donors (Lipinski definition) is 3. The molecule has 2 aromatic rings. The van der Waals surface area contributed by atoms with E-state index in [1.807, 2.05) is 0 Å². The normalized spacial score (nSPS) is 10.2.